The molecule has 186 valence electrons. The van der Waals surface area contributed by atoms with E-state index in [0.29, 0.717) is 17.9 Å². The van der Waals surface area contributed by atoms with Crippen LogP contribution in [0.3, 0.4) is 0 Å². The fraction of sp³-hybridized carbons (Fsp3) is 0.214. The summed E-state index contributed by atoms with van der Waals surface area (Å²) in [5, 5.41) is 11.9. The lowest BCUT2D eigenvalue weighted by Gasteiger charge is -2.26. The van der Waals surface area contributed by atoms with Gasteiger partial charge in [0, 0.05) is 26.9 Å². The van der Waals surface area contributed by atoms with Gasteiger partial charge >= 0.3 is 0 Å². The smallest absolute Gasteiger partial charge is 0.300 e. The van der Waals surface area contributed by atoms with Gasteiger partial charge in [-0.15, -0.1) is 0 Å². The lowest BCUT2D eigenvalue weighted by molar-refractivity contribution is -0.132. The van der Waals surface area contributed by atoms with E-state index < -0.39 is 29.3 Å². The van der Waals surface area contributed by atoms with Crippen LogP contribution in [0.15, 0.2) is 66.2 Å². The number of anilines is 1. The summed E-state index contributed by atoms with van der Waals surface area (Å²) >= 11 is 12.3. The van der Waals surface area contributed by atoms with E-state index in [-0.39, 0.29) is 32.8 Å². The zero-order valence-electron chi connectivity index (χ0n) is 19.9. The highest BCUT2D eigenvalue weighted by Crippen LogP contribution is 2.44. The largest absolute Gasteiger partial charge is 0.507 e. The van der Waals surface area contributed by atoms with Gasteiger partial charge < -0.3 is 9.84 Å². The minimum absolute atomic E-state index is 0.0457. The molecule has 1 unspecified atom stereocenters. The molecule has 1 amide bonds. The Labute approximate surface area is 218 Å². The second-order valence-corrected chi connectivity index (χ2v) is 9.53. The van der Waals surface area contributed by atoms with Crippen molar-refractivity contribution in [2.75, 3.05) is 11.5 Å². The number of halogens is 3. The third-order valence-corrected chi connectivity index (χ3v) is 6.41. The molecule has 0 saturated carbocycles. The van der Waals surface area contributed by atoms with Crippen molar-refractivity contribution in [2.24, 2.45) is 0 Å². The average molecular weight is 528 g/mol. The fourth-order valence-corrected chi connectivity index (χ4v) is 4.87. The number of nitrogens with zero attached hydrogens (tertiary/aromatic N) is 1. The molecule has 36 heavy (non-hydrogen) atoms. The van der Waals surface area contributed by atoms with Crippen LogP contribution in [0.5, 0.6) is 5.75 Å². The second-order valence-electron chi connectivity index (χ2n) is 8.66. The van der Waals surface area contributed by atoms with E-state index in [9.17, 15) is 14.7 Å². The van der Waals surface area contributed by atoms with Crippen molar-refractivity contribution in [1.82, 2.24) is 0 Å². The molecule has 1 fully saturated rings. The van der Waals surface area contributed by atoms with E-state index in [1.807, 2.05) is 20.8 Å². The van der Waals surface area contributed by atoms with Crippen molar-refractivity contribution >= 4 is 46.3 Å². The van der Waals surface area contributed by atoms with Gasteiger partial charge in [0.25, 0.3) is 11.7 Å². The molecule has 3 aromatic carbocycles. The lowest BCUT2D eigenvalue weighted by Crippen LogP contribution is -2.29. The van der Waals surface area contributed by atoms with Crippen LogP contribution in [0.25, 0.3) is 5.76 Å². The van der Waals surface area contributed by atoms with Crippen LogP contribution in [0, 0.1) is 5.82 Å². The zero-order chi connectivity index (χ0) is 26.1. The van der Waals surface area contributed by atoms with Crippen molar-refractivity contribution in [3.05, 3.63) is 98.8 Å². The minimum Gasteiger partial charge on any atom is -0.507 e. The van der Waals surface area contributed by atoms with Crippen LogP contribution < -0.4 is 9.64 Å². The van der Waals surface area contributed by atoms with E-state index in [1.54, 1.807) is 24.3 Å². The Hall–Kier alpha value is -3.35. The standard InChI is InChI=1S/C28H24Cl2FNO4/c1-4-36-23-10-9-16(11-21(23)15(2)3)26(33)24-25(20-7-5-6-8-22(20)31)32(28(35)27(24)34)19-13-17(29)12-18(30)14-19/h5-15,25,33H,4H2,1-3H3/b26-24+. The maximum atomic E-state index is 15.1. The van der Waals surface area contributed by atoms with Crippen LogP contribution >= 0.6 is 23.2 Å². The number of ketones is 1. The molecule has 5 nitrogen and oxygen atoms in total. The van der Waals surface area contributed by atoms with Gasteiger partial charge in [0.2, 0.25) is 0 Å². The van der Waals surface area contributed by atoms with Gasteiger partial charge in [-0.1, -0.05) is 55.2 Å². The number of amides is 1. The molecule has 0 spiro atoms. The summed E-state index contributed by atoms with van der Waals surface area (Å²) in [5.74, 6) is -2.22. The number of ether oxygens (including phenoxy) is 1. The maximum Gasteiger partial charge on any atom is 0.300 e. The summed E-state index contributed by atoms with van der Waals surface area (Å²) in [4.78, 5) is 27.7. The van der Waals surface area contributed by atoms with Crippen molar-refractivity contribution in [3.63, 3.8) is 0 Å². The number of carbonyl (C=O) groups excluding carboxylic acids is 2. The second kappa shape index (κ2) is 10.3. The molecule has 1 N–H and O–H groups in total. The highest BCUT2D eigenvalue weighted by Gasteiger charge is 2.48. The first-order chi connectivity index (χ1) is 17.1. The summed E-state index contributed by atoms with van der Waals surface area (Å²) in [6, 6.07) is 14.0. The van der Waals surface area contributed by atoms with Crippen molar-refractivity contribution in [1.29, 1.82) is 0 Å². The number of aliphatic hydroxyl groups is 1. The van der Waals surface area contributed by atoms with Gasteiger partial charge in [0.05, 0.1) is 18.2 Å². The van der Waals surface area contributed by atoms with E-state index >= 15 is 4.39 Å². The van der Waals surface area contributed by atoms with Crippen LogP contribution in [-0.2, 0) is 9.59 Å². The van der Waals surface area contributed by atoms with Gasteiger partial charge in [0.15, 0.2) is 0 Å². The number of rotatable bonds is 6. The molecule has 0 radical (unpaired) electrons. The normalized spacial score (nSPS) is 17.2. The first kappa shape index (κ1) is 25.7. The lowest BCUT2D eigenvalue weighted by atomic mass is 9.93. The predicted molar refractivity (Wildman–Crippen MR) is 139 cm³/mol. The highest BCUT2D eigenvalue weighted by molar-refractivity contribution is 6.52. The average Bonchev–Trinajstić information content (AvgIpc) is 3.09. The summed E-state index contributed by atoms with van der Waals surface area (Å²) in [6.07, 6.45) is 0. The number of benzene rings is 3. The molecule has 1 atom stereocenters. The molecule has 0 aliphatic carbocycles. The van der Waals surface area contributed by atoms with E-state index in [1.165, 1.54) is 36.4 Å². The first-order valence-electron chi connectivity index (χ1n) is 11.4. The van der Waals surface area contributed by atoms with Crippen LogP contribution in [0.4, 0.5) is 10.1 Å². The van der Waals surface area contributed by atoms with E-state index in [2.05, 4.69) is 0 Å². The number of hydrogen-bond donors (Lipinski definition) is 1. The van der Waals surface area contributed by atoms with Gasteiger partial charge in [0.1, 0.15) is 17.3 Å². The fourth-order valence-electron chi connectivity index (χ4n) is 4.36. The SMILES string of the molecule is CCOc1ccc(/C(O)=C2\C(=O)C(=O)N(c3cc(Cl)cc(Cl)c3)C2c2ccccc2F)cc1C(C)C. The first-order valence-corrected chi connectivity index (χ1v) is 12.2. The Kier molecular flexibility index (Phi) is 7.38. The van der Waals surface area contributed by atoms with Gasteiger partial charge in [-0.3, -0.25) is 14.5 Å². The molecule has 4 rings (SSSR count). The van der Waals surface area contributed by atoms with Crippen molar-refractivity contribution in [3.8, 4) is 5.75 Å². The maximum absolute atomic E-state index is 15.1. The summed E-state index contributed by atoms with van der Waals surface area (Å²) in [5.41, 5.74) is 1.14. The van der Waals surface area contributed by atoms with Gasteiger partial charge in [-0.05, 0) is 60.9 Å². The molecule has 3 aromatic rings. The monoisotopic (exact) mass is 527 g/mol. The number of aliphatic hydroxyl groups excluding tert-OH is 1. The third kappa shape index (κ3) is 4.71. The van der Waals surface area contributed by atoms with Crippen molar-refractivity contribution in [2.45, 2.75) is 32.7 Å². The molecule has 1 aliphatic rings. The Balaban J connectivity index is 1.97. The molecule has 0 bridgehead atoms. The van der Waals surface area contributed by atoms with Crippen LogP contribution in [0.2, 0.25) is 10.0 Å². The van der Waals surface area contributed by atoms with Crippen molar-refractivity contribution < 1.29 is 23.8 Å². The summed E-state index contributed by atoms with van der Waals surface area (Å²) in [6.45, 7) is 6.29. The van der Waals surface area contributed by atoms with E-state index in [4.69, 9.17) is 27.9 Å². The zero-order valence-corrected chi connectivity index (χ0v) is 21.4. The van der Waals surface area contributed by atoms with Gasteiger partial charge in [-0.25, -0.2) is 4.39 Å². The quantitative estimate of drug-likeness (QED) is 0.207. The van der Waals surface area contributed by atoms with Crippen LogP contribution in [0.1, 0.15) is 49.4 Å². The van der Waals surface area contributed by atoms with Gasteiger partial charge in [-0.2, -0.15) is 0 Å². The predicted octanol–water partition coefficient (Wildman–Crippen LogP) is 7.28. The van der Waals surface area contributed by atoms with Crippen LogP contribution in [-0.4, -0.2) is 23.4 Å². The molecular weight excluding hydrogens is 504 g/mol. The Morgan fingerprint density at radius 1 is 1.06 bits per heavy atom. The third-order valence-electron chi connectivity index (χ3n) is 5.97. The Morgan fingerprint density at radius 3 is 2.33 bits per heavy atom. The number of Topliss-reactive ketones (excluding diaryl/α,β-unsaturated/α-hetero) is 1. The molecule has 1 heterocycles. The number of carbonyl (C=O) groups is 2. The highest BCUT2D eigenvalue weighted by atomic mass is 35.5. The minimum atomic E-state index is -1.24. The van der Waals surface area contributed by atoms with E-state index in [0.717, 1.165) is 10.5 Å². The summed E-state index contributed by atoms with van der Waals surface area (Å²) in [7, 11) is 0. The molecule has 8 heteroatoms. The molecule has 1 aliphatic heterocycles. The molecular formula is C28H24Cl2FNO4. The Morgan fingerprint density at radius 2 is 1.72 bits per heavy atom. The topological polar surface area (TPSA) is 66.8 Å². The molecule has 1 saturated heterocycles. The Bertz CT molecular complexity index is 1370. The number of hydrogen-bond acceptors (Lipinski definition) is 4. The summed E-state index contributed by atoms with van der Waals surface area (Å²) < 4.78 is 20.8. The molecule has 0 aromatic heterocycles.